The molecule has 0 saturated carbocycles. The van der Waals surface area contributed by atoms with Gasteiger partial charge in [0.1, 0.15) is 0 Å². The van der Waals surface area contributed by atoms with Gasteiger partial charge in [0, 0.05) is 0 Å². The molecule has 68 valence electrons. The van der Waals surface area contributed by atoms with Crippen LogP contribution in [0.5, 0.6) is 0 Å². The average Bonchev–Trinajstić information content (AvgIpc) is 1.84. The van der Waals surface area contributed by atoms with E-state index in [1.807, 2.05) is 25.2 Å². The molecule has 0 spiro atoms. The first-order valence-electron chi connectivity index (χ1n) is 4.18. The van der Waals surface area contributed by atoms with Crippen LogP contribution in [0.1, 0.15) is 27.2 Å². The molecule has 0 aliphatic carbocycles. The molecule has 0 aliphatic rings. The lowest BCUT2D eigenvalue weighted by Gasteiger charge is -2.01. The zero-order valence-corrected chi connectivity index (χ0v) is 8.00. The fourth-order valence-electron chi connectivity index (χ4n) is 1.02. The third kappa shape index (κ3) is 5.71. The van der Waals surface area contributed by atoms with E-state index in [1.165, 1.54) is 0 Å². The van der Waals surface area contributed by atoms with E-state index < -0.39 is 0 Å². The molecule has 0 saturated heterocycles. The van der Waals surface area contributed by atoms with Crippen LogP contribution >= 0.6 is 0 Å². The standard InChI is InChI=1S/C10H17NO/c1-4-5-9(6-8(2)3)7-10(11)12/h4-6,8H,7H2,1-3H3,(H2,11,12)/b5-4-,9-6+. The normalized spacial score (nSPS) is 12.8. The molecule has 0 rings (SSSR count). The van der Waals surface area contributed by atoms with Gasteiger partial charge in [-0.3, -0.25) is 4.79 Å². The van der Waals surface area contributed by atoms with Crippen molar-refractivity contribution in [2.75, 3.05) is 0 Å². The van der Waals surface area contributed by atoms with Crippen molar-refractivity contribution < 1.29 is 4.79 Å². The molecule has 0 bridgehead atoms. The number of carbonyl (C=O) groups excluding carboxylic acids is 1. The molecule has 12 heavy (non-hydrogen) atoms. The Hall–Kier alpha value is -1.05. The highest BCUT2D eigenvalue weighted by atomic mass is 16.1. The molecule has 0 heterocycles. The van der Waals surface area contributed by atoms with E-state index in [0.717, 1.165) is 5.57 Å². The summed E-state index contributed by atoms with van der Waals surface area (Å²) < 4.78 is 0. The number of hydrogen-bond acceptors (Lipinski definition) is 1. The van der Waals surface area contributed by atoms with Crippen molar-refractivity contribution in [2.24, 2.45) is 11.7 Å². The van der Waals surface area contributed by atoms with E-state index in [2.05, 4.69) is 13.8 Å². The quantitative estimate of drug-likeness (QED) is 0.639. The Morgan fingerprint density at radius 3 is 2.42 bits per heavy atom. The highest BCUT2D eigenvalue weighted by Gasteiger charge is 1.98. The van der Waals surface area contributed by atoms with Gasteiger partial charge in [0.15, 0.2) is 0 Å². The minimum atomic E-state index is -0.278. The van der Waals surface area contributed by atoms with E-state index in [1.54, 1.807) is 0 Å². The molecular weight excluding hydrogens is 150 g/mol. The van der Waals surface area contributed by atoms with Gasteiger partial charge in [-0.15, -0.1) is 0 Å². The van der Waals surface area contributed by atoms with Gasteiger partial charge in [0.25, 0.3) is 0 Å². The molecule has 0 radical (unpaired) electrons. The minimum absolute atomic E-state index is 0.278. The average molecular weight is 167 g/mol. The summed E-state index contributed by atoms with van der Waals surface area (Å²) in [5.41, 5.74) is 6.09. The number of primary amides is 1. The topological polar surface area (TPSA) is 43.1 Å². The van der Waals surface area contributed by atoms with Crippen LogP contribution in [0.2, 0.25) is 0 Å². The van der Waals surface area contributed by atoms with Crippen LogP contribution in [0.3, 0.4) is 0 Å². The first-order chi connectivity index (χ1) is 5.56. The van der Waals surface area contributed by atoms with Gasteiger partial charge in [0.2, 0.25) is 5.91 Å². The summed E-state index contributed by atoms with van der Waals surface area (Å²) in [6.45, 7) is 6.07. The van der Waals surface area contributed by atoms with Crippen LogP contribution in [0.15, 0.2) is 23.8 Å². The van der Waals surface area contributed by atoms with E-state index in [9.17, 15) is 4.79 Å². The third-order valence-corrected chi connectivity index (χ3v) is 1.31. The summed E-state index contributed by atoms with van der Waals surface area (Å²) in [7, 11) is 0. The molecule has 0 aromatic heterocycles. The first kappa shape index (κ1) is 11.0. The zero-order valence-electron chi connectivity index (χ0n) is 8.00. The highest BCUT2D eigenvalue weighted by Crippen LogP contribution is 2.07. The van der Waals surface area contributed by atoms with Crippen LogP contribution < -0.4 is 5.73 Å². The van der Waals surface area contributed by atoms with Crippen LogP contribution in [-0.4, -0.2) is 5.91 Å². The van der Waals surface area contributed by atoms with Crippen LogP contribution in [0.4, 0.5) is 0 Å². The number of hydrogen-bond donors (Lipinski definition) is 1. The zero-order chi connectivity index (χ0) is 9.56. The van der Waals surface area contributed by atoms with E-state index in [-0.39, 0.29) is 5.91 Å². The minimum Gasteiger partial charge on any atom is -0.369 e. The van der Waals surface area contributed by atoms with Gasteiger partial charge >= 0.3 is 0 Å². The SMILES string of the molecule is C/C=C\C(=C/C(C)C)CC(N)=O. The molecular formula is C10H17NO. The van der Waals surface area contributed by atoms with Gasteiger partial charge in [-0.05, 0) is 18.4 Å². The Morgan fingerprint density at radius 2 is 2.08 bits per heavy atom. The molecule has 0 aromatic carbocycles. The predicted octanol–water partition coefficient (Wildman–Crippen LogP) is 2.02. The summed E-state index contributed by atoms with van der Waals surface area (Å²) in [5.74, 6) is 0.176. The Labute approximate surface area is 74.1 Å². The van der Waals surface area contributed by atoms with Crippen molar-refractivity contribution >= 4 is 5.91 Å². The third-order valence-electron chi connectivity index (χ3n) is 1.31. The summed E-state index contributed by atoms with van der Waals surface area (Å²) in [6, 6.07) is 0. The van der Waals surface area contributed by atoms with Crippen LogP contribution in [-0.2, 0) is 4.79 Å². The highest BCUT2D eigenvalue weighted by molar-refractivity contribution is 5.77. The summed E-state index contributed by atoms with van der Waals surface area (Å²) in [5, 5.41) is 0. The van der Waals surface area contributed by atoms with E-state index in [0.29, 0.717) is 12.3 Å². The number of amides is 1. The van der Waals surface area contributed by atoms with Crippen LogP contribution in [0, 0.1) is 5.92 Å². The molecule has 2 heteroatoms. The second-order valence-electron chi connectivity index (χ2n) is 3.13. The molecule has 1 amide bonds. The Kier molecular flexibility index (Phi) is 5.09. The Morgan fingerprint density at radius 1 is 1.50 bits per heavy atom. The fourth-order valence-corrected chi connectivity index (χ4v) is 1.02. The summed E-state index contributed by atoms with van der Waals surface area (Å²) in [4.78, 5) is 10.6. The van der Waals surface area contributed by atoms with E-state index in [4.69, 9.17) is 5.73 Å². The van der Waals surface area contributed by atoms with Crippen LogP contribution in [0.25, 0.3) is 0 Å². The van der Waals surface area contributed by atoms with Crippen molar-refractivity contribution in [2.45, 2.75) is 27.2 Å². The van der Waals surface area contributed by atoms with Crippen molar-refractivity contribution in [3.8, 4) is 0 Å². The molecule has 2 N–H and O–H groups in total. The molecule has 0 aromatic rings. The second kappa shape index (κ2) is 5.58. The van der Waals surface area contributed by atoms with Crippen molar-refractivity contribution in [1.82, 2.24) is 0 Å². The van der Waals surface area contributed by atoms with Crippen molar-refractivity contribution in [1.29, 1.82) is 0 Å². The summed E-state index contributed by atoms with van der Waals surface area (Å²) in [6.07, 6.45) is 6.22. The number of rotatable bonds is 4. The smallest absolute Gasteiger partial charge is 0.221 e. The largest absolute Gasteiger partial charge is 0.369 e. The fraction of sp³-hybridized carbons (Fsp3) is 0.500. The number of carbonyl (C=O) groups is 1. The lowest BCUT2D eigenvalue weighted by atomic mass is 10.1. The first-order valence-corrected chi connectivity index (χ1v) is 4.18. The van der Waals surface area contributed by atoms with Gasteiger partial charge in [0.05, 0.1) is 6.42 Å². The van der Waals surface area contributed by atoms with Crippen molar-refractivity contribution in [3.05, 3.63) is 23.8 Å². The Balaban J connectivity index is 4.32. The Bertz CT molecular complexity index is 202. The maximum absolute atomic E-state index is 10.6. The monoisotopic (exact) mass is 167 g/mol. The lowest BCUT2D eigenvalue weighted by Crippen LogP contribution is -2.10. The van der Waals surface area contributed by atoms with Gasteiger partial charge in [-0.25, -0.2) is 0 Å². The van der Waals surface area contributed by atoms with Gasteiger partial charge in [-0.2, -0.15) is 0 Å². The maximum Gasteiger partial charge on any atom is 0.221 e. The molecule has 0 fully saturated rings. The number of allylic oxidation sites excluding steroid dienone is 3. The molecule has 0 aliphatic heterocycles. The van der Waals surface area contributed by atoms with Gasteiger partial charge < -0.3 is 5.73 Å². The lowest BCUT2D eigenvalue weighted by molar-refractivity contribution is -0.117. The van der Waals surface area contributed by atoms with Gasteiger partial charge in [-0.1, -0.05) is 32.1 Å². The molecule has 0 unspecified atom stereocenters. The van der Waals surface area contributed by atoms with Crippen molar-refractivity contribution in [3.63, 3.8) is 0 Å². The molecule has 2 nitrogen and oxygen atoms in total. The predicted molar refractivity (Wildman–Crippen MR) is 51.5 cm³/mol. The second-order valence-corrected chi connectivity index (χ2v) is 3.13. The number of nitrogens with two attached hydrogens (primary N) is 1. The van der Waals surface area contributed by atoms with E-state index >= 15 is 0 Å². The molecule has 0 atom stereocenters. The maximum atomic E-state index is 10.6. The summed E-state index contributed by atoms with van der Waals surface area (Å²) >= 11 is 0.